The molecule has 5 heteroatoms. The van der Waals surface area contributed by atoms with Crippen molar-refractivity contribution in [3.63, 3.8) is 0 Å². The lowest BCUT2D eigenvalue weighted by molar-refractivity contribution is -0.118. The highest BCUT2D eigenvalue weighted by Crippen LogP contribution is 2.35. The Labute approximate surface area is 106 Å². The van der Waals surface area contributed by atoms with E-state index in [1.54, 1.807) is 25.3 Å². The number of nitrogens with one attached hydrogen (secondary N) is 1. The molecule has 2 atom stereocenters. The molecule has 18 heavy (non-hydrogen) atoms. The molecule has 0 spiro atoms. The van der Waals surface area contributed by atoms with E-state index in [9.17, 15) is 4.79 Å². The molecule has 0 aliphatic heterocycles. The molecule has 1 saturated carbocycles. The standard InChI is InChI=1S/C13H18N2O3/c1-3-18-12-7-9(12)13(16)15-8-4-5-11(17-2)10(14)6-8/h4-6,9,12H,3,7,14H2,1-2H3,(H,15,16). The van der Waals surface area contributed by atoms with Crippen LogP contribution in [0.3, 0.4) is 0 Å². The van der Waals surface area contributed by atoms with E-state index in [0.29, 0.717) is 23.7 Å². The van der Waals surface area contributed by atoms with Gasteiger partial charge in [0, 0.05) is 12.3 Å². The summed E-state index contributed by atoms with van der Waals surface area (Å²) in [6.45, 7) is 2.57. The summed E-state index contributed by atoms with van der Waals surface area (Å²) in [5, 5.41) is 2.83. The summed E-state index contributed by atoms with van der Waals surface area (Å²) >= 11 is 0. The van der Waals surface area contributed by atoms with Crippen LogP contribution in [0, 0.1) is 5.92 Å². The van der Waals surface area contributed by atoms with Crippen LogP contribution in [0.5, 0.6) is 5.75 Å². The summed E-state index contributed by atoms with van der Waals surface area (Å²) < 4.78 is 10.4. The first-order valence-corrected chi connectivity index (χ1v) is 6.01. The second-order valence-electron chi connectivity index (χ2n) is 4.28. The highest BCUT2D eigenvalue weighted by Gasteiger charge is 2.43. The summed E-state index contributed by atoms with van der Waals surface area (Å²) in [6, 6.07) is 5.19. The smallest absolute Gasteiger partial charge is 0.230 e. The van der Waals surface area contributed by atoms with Crippen molar-refractivity contribution in [2.24, 2.45) is 5.92 Å². The van der Waals surface area contributed by atoms with Crippen molar-refractivity contribution in [2.45, 2.75) is 19.4 Å². The predicted octanol–water partition coefficient (Wildman–Crippen LogP) is 1.64. The molecule has 2 rings (SSSR count). The van der Waals surface area contributed by atoms with Crippen LogP contribution in [0.15, 0.2) is 18.2 Å². The van der Waals surface area contributed by atoms with E-state index in [0.717, 1.165) is 6.42 Å². The molecular weight excluding hydrogens is 232 g/mol. The minimum atomic E-state index is -0.0340. The van der Waals surface area contributed by atoms with Crippen LogP contribution in [-0.2, 0) is 9.53 Å². The number of hydrogen-bond donors (Lipinski definition) is 2. The van der Waals surface area contributed by atoms with Crippen molar-refractivity contribution < 1.29 is 14.3 Å². The Bertz CT molecular complexity index is 448. The van der Waals surface area contributed by atoms with E-state index in [1.807, 2.05) is 6.92 Å². The van der Waals surface area contributed by atoms with Gasteiger partial charge in [0.25, 0.3) is 0 Å². The third kappa shape index (κ3) is 2.73. The molecule has 5 nitrogen and oxygen atoms in total. The van der Waals surface area contributed by atoms with E-state index in [4.69, 9.17) is 15.2 Å². The lowest BCUT2D eigenvalue weighted by Gasteiger charge is -2.08. The number of hydrogen-bond acceptors (Lipinski definition) is 4. The Balaban J connectivity index is 1.94. The molecule has 0 radical (unpaired) electrons. The van der Waals surface area contributed by atoms with Gasteiger partial charge in [0.1, 0.15) is 5.75 Å². The normalized spacial score (nSPS) is 21.4. The maximum Gasteiger partial charge on any atom is 0.230 e. The van der Waals surface area contributed by atoms with Gasteiger partial charge < -0.3 is 20.5 Å². The topological polar surface area (TPSA) is 73.6 Å². The van der Waals surface area contributed by atoms with Gasteiger partial charge in [-0.25, -0.2) is 0 Å². The molecule has 0 heterocycles. The fourth-order valence-electron chi connectivity index (χ4n) is 1.89. The number of methoxy groups -OCH3 is 1. The van der Waals surface area contributed by atoms with Gasteiger partial charge in [-0.3, -0.25) is 4.79 Å². The molecular formula is C13H18N2O3. The van der Waals surface area contributed by atoms with Crippen molar-refractivity contribution in [1.82, 2.24) is 0 Å². The molecule has 2 unspecified atom stereocenters. The van der Waals surface area contributed by atoms with Crippen molar-refractivity contribution in [3.05, 3.63) is 18.2 Å². The number of anilines is 2. The first-order chi connectivity index (χ1) is 8.65. The molecule has 98 valence electrons. The van der Waals surface area contributed by atoms with Crippen molar-refractivity contribution in [3.8, 4) is 5.75 Å². The number of amides is 1. The van der Waals surface area contributed by atoms with Crippen LogP contribution < -0.4 is 15.8 Å². The quantitative estimate of drug-likeness (QED) is 0.779. The molecule has 1 amide bonds. The van der Waals surface area contributed by atoms with Gasteiger partial charge in [0.2, 0.25) is 5.91 Å². The van der Waals surface area contributed by atoms with Gasteiger partial charge in [-0.05, 0) is 31.5 Å². The highest BCUT2D eigenvalue weighted by atomic mass is 16.5. The van der Waals surface area contributed by atoms with Crippen LogP contribution >= 0.6 is 0 Å². The zero-order valence-electron chi connectivity index (χ0n) is 10.6. The highest BCUT2D eigenvalue weighted by molar-refractivity contribution is 5.95. The third-order valence-corrected chi connectivity index (χ3v) is 2.95. The fourth-order valence-corrected chi connectivity index (χ4v) is 1.89. The number of carbonyl (C=O) groups is 1. The Morgan fingerprint density at radius 3 is 2.94 bits per heavy atom. The largest absolute Gasteiger partial charge is 0.495 e. The summed E-state index contributed by atoms with van der Waals surface area (Å²) in [5.74, 6) is 0.554. The number of ether oxygens (including phenoxy) is 2. The van der Waals surface area contributed by atoms with Crippen LogP contribution in [0.25, 0.3) is 0 Å². The van der Waals surface area contributed by atoms with Gasteiger partial charge in [0.05, 0.1) is 24.8 Å². The van der Waals surface area contributed by atoms with Gasteiger partial charge in [0.15, 0.2) is 0 Å². The van der Waals surface area contributed by atoms with Gasteiger partial charge in [-0.2, -0.15) is 0 Å². The molecule has 0 saturated heterocycles. The van der Waals surface area contributed by atoms with Crippen LogP contribution in [0.4, 0.5) is 11.4 Å². The van der Waals surface area contributed by atoms with Crippen molar-refractivity contribution in [1.29, 1.82) is 0 Å². The number of benzene rings is 1. The zero-order valence-corrected chi connectivity index (χ0v) is 10.6. The summed E-state index contributed by atoms with van der Waals surface area (Å²) in [7, 11) is 1.56. The fraction of sp³-hybridized carbons (Fsp3) is 0.462. The second-order valence-corrected chi connectivity index (χ2v) is 4.28. The monoisotopic (exact) mass is 250 g/mol. The predicted molar refractivity (Wildman–Crippen MR) is 69.6 cm³/mol. The van der Waals surface area contributed by atoms with Crippen molar-refractivity contribution in [2.75, 3.05) is 24.8 Å². The minimum absolute atomic E-state index is 0.0157. The molecule has 1 aliphatic carbocycles. The van der Waals surface area contributed by atoms with E-state index in [1.165, 1.54) is 0 Å². The zero-order chi connectivity index (χ0) is 13.1. The minimum Gasteiger partial charge on any atom is -0.495 e. The van der Waals surface area contributed by atoms with Crippen molar-refractivity contribution >= 4 is 17.3 Å². The van der Waals surface area contributed by atoms with E-state index in [-0.39, 0.29) is 17.9 Å². The van der Waals surface area contributed by atoms with Crippen LogP contribution in [0.2, 0.25) is 0 Å². The molecule has 3 N–H and O–H groups in total. The van der Waals surface area contributed by atoms with Crippen LogP contribution in [0.1, 0.15) is 13.3 Å². The maximum atomic E-state index is 11.9. The summed E-state index contributed by atoms with van der Waals surface area (Å²) in [6.07, 6.45) is 0.872. The number of carbonyl (C=O) groups excluding carboxylic acids is 1. The summed E-state index contributed by atoms with van der Waals surface area (Å²) in [4.78, 5) is 11.9. The molecule has 1 aromatic carbocycles. The average molecular weight is 250 g/mol. The second kappa shape index (κ2) is 5.27. The van der Waals surface area contributed by atoms with E-state index in [2.05, 4.69) is 5.32 Å². The first-order valence-electron chi connectivity index (χ1n) is 6.01. The number of nitrogen functional groups attached to an aromatic ring is 1. The number of nitrogens with two attached hydrogens (primary N) is 1. The first kappa shape index (κ1) is 12.7. The average Bonchev–Trinajstić information content (AvgIpc) is 3.09. The third-order valence-electron chi connectivity index (χ3n) is 2.95. The van der Waals surface area contributed by atoms with Gasteiger partial charge in [-0.15, -0.1) is 0 Å². The maximum absolute atomic E-state index is 11.9. The molecule has 0 aromatic heterocycles. The van der Waals surface area contributed by atoms with Crippen LogP contribution in [-0.4, -0.2) is 25.7 Å². The Morgan fingerprint density at radius 2 is 2.33 bits per heavy atom. The number of rotatable bonds is 5. The summed E-state index contributed by atoms with van der Waals surface area (Å²) in [5.41, 5.74) is 6.96. The molecule has 1 aromatic rings. The van der Waals surface area contributed by atoms with Gasteiger partial charge in [-0.1, -0.05) is 0 Å². The van der Waals surface area contributed by atoms with E-state index >= 15 is 0 Å². The molecule has 0 bridgehead atoms. The molecule has 1 fully saturated rings. The molecule has 1 aliphatic rings. The Kier molecular flexibility index (Phi) is 3.72. The lowest BCUT2D eigenvalue weighted by Crippen LogP contribution is -2.16. The SMILES string of the molecule is CCOC1CC1C(=O)Nc1ccc(OC)c(N)c1. The van der Waals surface area contributed by atoms with Gasteiger partial charge >= 0.3 is 0 Å². The Morgan fingerprint density at radius 1 is 1.56 bits per heavy atom. The lowest BCUT2D eigenvalue weighted by atomic mass is 10.2. The Hall–Kier alpha value is -1.75. The van der Waals surface area contributed by atoms with E-state index < -0.39 is 0 Å².